The minimum Gasteiger partial charge on any atom is -0.379 e. The molecule has 94 valence electrons. The highest BCUT2D eigenvalue weighted by atomic mass is 79.9. The molecule has 0 aliphatic heterocycles. The summed E-state index contributed by atoms with van der Waals surface area (Å²) in [6, 6.07) is 9.41. The molecule has 0 unspecified atom stereocenters. The Hall–Kier alpha value is -1.13. The van der Waals surface area contributed by atoms with E-state index in [1.807, 2.05) is 12.1 Å². The van der Waals surface area contributed by atoms with Crippen molar-refractivity contribution < 1.29 is 8.78 Å². The van der Waals surface area contributed by atoms with Crippen molar-refractivity contribution in [1.29, 1.82) is 0 Å². The summed E-state index contributed by atoms with van der Waals surface area (Å²) >= 11 is 8.78. The van der Waals surface area contributed by atoms with Gasteiger partial charge in [0.15, 0.2) is 0 Å². The predicted octanol–water partition coefficient (Wildman–Crippen LogP) is 4.99. The Balaban J connectivity index is 2.10. The molecule has 0 aliphatic carbocycles. The van der Waals surface area contributed by atoms with Gasteiger partial charge in [0.2, 0.25) is 0 Å². The van der Waals surface area contributed by atoms with Gasteiger partial charge in [0.1, 0.15) is 11.6 Å². The SMILES string of the molecule is Fc1cc(F)c(NCc2ccc(Cl)cc2)cc1Br. The van der Waals surface area contributed by atoms with E-state index < -0.39 is 11.6 Å². The molecule has 2 aromatic carbocycles. The van der Waals surface area contributed by atoms with E-state index in [9.17, 15) is 8.78 Å². The fraction of sp³-hybridized carbons (Fsp3) is 0.0769. The molecule has 2 rings (SSSR count). The van der Waals surface area contributed by atoms with E-state index in [4.69, 9.17) is 11.6 Å². The molecule has 0 aliphatic rings. The second-order valence-electron chi connectivity index (χ2n) is 3.73. The zero-order valence-electron chi connectivity index (χ0n) is 9.18. The van der Waals surface area contributed by atoms with E-state index in [2.05, 4.69) is 21.2 Å². The Morgan fingerprint density at radius 3 is 2.39 bits per heavy atom. The van der Waals surface area contributed by atoms with E-state index in [0.29, 0.717) is 11.6 Å². The summed E-state index contributed by atoms with van der Waals surface area (Å²) in [6.07, 6.45) is 0. The average Bonchev–Trinajstić information content (AvgIpc) is 2.34. The largest absolute Gasteiger partial charge is 0.379 e. The Kier molecular flexibility index (Phi) is 4.19. The second kappa shape index (κ2) is 5.67. The number of halogens is 4. The molecule has 2 aromatic rings. The van der Waals surface area contributed by atoms with Crippen LogP contribution in [-0.4, -0.2) is 0 Å². The van der Waals surface area contributed by atoms with Crippen LogP contribution in [0.2, 0.25) is 5.02 Å². The van der Waals surface area contributed by atoms with Crippen LogP contribution in [-0.2, 0) is 6.54 Å². The lowest BCUT2D eigenvalue weighted by Crippen LogP contribution is -2.02. The highest BCUT2D eigenvalue weighted by Gasteiger charge is 2.07. The molecule has 0 amide bonds. The van der Waals surface area contributed by atoms with Crippen LogP contribution in [0.5, 0.6) is 0 Å². The van der Waals surface area contributed by atoms with Gasteiger partial charge in [-0.05, 0) is 39.7 Å². The summed E-state index contributed by atoms with van der Waals surface area (Å²) in [4.78, 5) is 0. The van der Waals surface area contributed by atoms with Crippen molar-refractivity contribution in [2.45, 2.75) is 6.54 Å². The molecule has 0 saturated heterocycles. The highest BCUT2D eigenvalue weighted by molar-refractivity contribution is 9.10. The van der Waals surface area contributed by atoms with Crippen LogP contribution >= 0.6 is 27.5 Å². The van der Waals surface area contributed by atoms with E-state index >= 15 is 0 Å². The minimum atomic E-state index is -0.621. The van der Waals surface area contributed by atoms with E-state index in [1.54, 1.807) is 12.1 Å². The Bertz CT molecular complexity index is 558. The zero-order chi connectivity index (χ0) is 13.1. The number of benzene rings is 2. The minimum absolute atomic E-state index is 0.225. The lowest BCUT2D eigenvalue weighted by atomic mass is 10.2. The number of hydrogen-bond donors (Lipinski definition) is 1. The number of nitrogens with one attached hydrogen (secondary N) is 1. The van der Waals surface area contributed by atoms with Crippen molar-refractivity contribution in [3.63, 3.8) is 0 Å². The van der Waals surface area contributed by atoms with E-state index in [1.165, 1.54) is 6.07 Å². The van der Waals surface area contributed by atoms with Crippen LogP contribution in [0.4, 0.5) is 14.5 Å². The molecule has 0 radical (unpaired) electrons. The van der Waals surface area contributed by atoms with Crippen LogP contribution < -0.4 is 5.32 Å². The second-order valence-corrected chi connectivity index (χ2v) is 5.02. The van der Waals surface area contributed by atoms with Crippen LogP contribution in [0.15, 0.2) is 40.9 Å². The van der Waals surface area contributed by atoms with Gasteiger partial charge in [-0.3, -0.25) is 0 Å². The van der Waals surface area contributed by atoms with Gasteiger partial charge in [0.05, 0.1) is 10.2 Å². The van der Waals surface area contributed by atoms with Crippen molar-refractivity contribution in [2.24, 2.45) is 0 Å². The summed E-state index contributed by atoms with van der Waals surface area (Å²) in [5.41, 5.74) is 1.21. The van der Waals surface area contributed by atoms with Crippen LogP contribution in [0.3, 0.4) is 0 Å². The first-order valence-corrected chi connectivity index (χ1v) is 6.36. The molecule has 0 aromatic heterocycles. The fourth-order valence-electron chi connectivity index (χ4n) is 1.46. The standard InChI is InChI=1S/C13H9BrClF2N/c14-10-5-13(12(17)6-11(10)16)18-7-8-1-3-9(15)4-2-8/h1-6,18H,7H2. The molecule has 0 heterocycles. The van der Waals surface area contributed by atoms with Crippen LogP contribution in [0.25, 0.3) is 0 Å². The first-order valence-electron chi connectivity index (χ1n) is 5.19. The van der Waals surface area contributed by atoms with Crippen molar-refractivity contribution in [1.82, 2.24) is 0 Å². The van der Waals surface area contributed by atoms with E-state index in [-0.39, 0.29) is 10.2 Å². The lowest BCUT2D eigenvalue weighted by molar-refractivity contribution is 0.580. The van der Waals surface area contributed by atoms with Gasteiger partial charge in [-0.1, -0.05) is 23.7 Å². The Labute approximate surface area is 117 Å². The third kappa shape index (κ3) is 3.21. The Morgan fingerprint density at radius 1 is 1.06 bits per heavy atom. The van der Waals surface area contributed by atoms with Gasteiger partial charge in [-0.15, -0.1) is 0 Å². The van der Waals surface area contributed by atoms with Crippen molar-refractivity contribution >= 4 is 33.2 Å². The summed E-state index contributed by atoms with van der Waals surface area (Å²) < 4.78 is 26.7. The number of anilines is 1. The smallest absolute Gasteiger partial charge is 0.149 e. The molecule has 1 N–H and O–H groups in total. The van der Waals surface area contributed by atoms with Crippen molar-refractivity contribution in [3.05, 3.63) is 63.1 Å². The van der Waals surface area contributed by atoms with Crippen molar-refractivity contribution in [2.75, 3.05) is 5.32 Å². The van der Waals surface area contributed by atoms with Gasteiger partial charge in [-0.2, -0.15) is 0 Å². The summed E-state index contributed by atoms with van der Waals surface area (Å²) in [5.74, 6) is -1.24. The molecular formula is C13H9BrClF2N. The van der Waals surface area contributed by atoms with Gasteiger partial charge < -0.3 is 5.32 Å². The van der Waals surface area contributed by atoms with Crippen LogP contribution in [0.1, 0.15) is 5.56 Å². The maximum atomic E-state index is 13.5. The van der Waals surface area contributed by atoms with Crippen LogP contribution in [0, 0.1) is 11.6 Å². The lowest BCUT2D eigenvalue weighted by Gasteiger charge is -2.08. The molecule has 0 atom stereocenters. The zero-order valence-corrected chi connectivity index (χ0v) is 11.5. The summed E-state index contributed by atoms with van der Waals surface area (Å²) in [6.45, 7) is 0.437. The van der Waals surface area contributed by atoms with Gasteiger partial charge >= 0.3 is 0 Å². The molecular weight excluding hydrogens is 324 g/mol. The first-order chi connectivity index (χ1) is 8.56. The van der Waals surface area contributed by atoms with Gasteiger partial charge in [0, 0.05) is 17.6 Å². The molecule has 0 spiro atoms. The molecule has 0 bridgehead atoms. The third-order valence-corrected chi connectivity index (χ3v) is 3.27. The average molecular weight is 333 g/mol. The maximum absolute atomic E-state index is 13.5. The molecule has 18 heavy (non-hydrogen) atoms. The molecule has 0 saturated carbocycles. The Morgan fingerprint density at radius 2 is 1.72 bits per heavy atom. The molecule has 0 fully saturated rings. The normalized spacial score (nSPS) is 10.4. The molecule has 1 nitrogen and oxygen atoms in total. The topological polar surface area (TPSA) is 12.0 Å². The van der Waals surface area contributed by atoms with Crippen molar-refractivity contribution in [3.8, 4) is 0 Å². The fourth-order valence-corrected chi connectivity index (χ4v) is 1.93. The maximum Gasteiger partial charge on any atom is 0.149 e. The number of hydrogen-bond acceptors (Lipinski definition) is 1. The first kappa shape index (κ1) is 13.3. The predicted molar refractivity (Wildman–Crippen MR) is 72.8 cm³/mol. The molecule has 5 heteroatoms. The summed E-state index contributed by atoms with van der Waals surface area (Å²) in [7, 11) is 0. The summed E-state index contributed by atoms with van der Waals surface area (Å²) in [5, 5.41) is 3.55. The van der Waals surface area contributed by atoms with E-state index in [0.717, 1.165) is 11.6 Å². The number of rotatable bonds is 3. The third-order valence-electron chi connectivity index (χ3n) is 2.41. The quantitative estimate of drug-likeness (QED) is 0.781. The van der Waals surface area contributed by atoms with Gasteiger partial charge in [-0.25, -0.2) is 8.78 Å². The monoisotopic (exact) mass is 331 g/mol. The highest BCUT2D eigenvalue weighted by Crippen LogP contribution is 2.24. The van der Waals surface area contributed by atoms with Gasteiger partial charge in [0.25, 0.3) is 0 Å².